The third-order valence-electron chi connectivity index (χ3n) is 4.17. The van der Waals surface area contributed by atoms with E-state index in [4.69, 9.17) is 0 Å². The van der Waals surface area contributed by atoms with Crippen LogP contribution in [0.4, 0.5) is 4.79 Å². The Labute approximate surface area is 139 Å². The number of amides is 2. The summed E-state index contributed by atoms with van der Waals surface area (Å²) in [4.78, 5) is 35.6. The van der Waals surface area contributed by atoms with E-state index in [1.807, 2.05) is 0 Å². The summed E-state index contributed by atoms with van der Waals surface area (Å²) in [6.07, 6.45) is -0.360. The Morgan fingerprint density at radius 3 is 2.42 bits per heavy atom. The van der Waals surface area contributed by atoms with E-state index in [1.165, 1.54) is 35.5 Å². The number of nitrogens with zero attached hydrogens (tertiary/aromatic N) is 2. The highest BCUT2D eigenvalue weighted by molar-refractivity contribution is 7.89. The number of Topliss-reactive ketones (excluding diaryl/α,β-unsaturated/α-hetero) is 1. The van der Waals surface area contributed by atoms with Gasteiger partial charge in [-0.1, -0.05) is 12.1 Å². The van der Waals surface area contributed by atoms with E-state index in [0.29, 0.717) is 12.0 Å². The monoisotopic (exact) mass is 352 g/mol. The predicted octanol–water partition coefficient (Wildman–Crippen LogP) is 0.631. The zero-order chi connectivity index (χ0) is 17.5. The smallest absolute Gasteiger partial charge is 0.417 e. The average Bonchev–Trinajstić information content (AvgIpc) is 3.14. The van der Waals surface area contributed by atoms with Crippen molar-refractivity contribution in [2.45, 2.75) is 24.3 Å². The van der Waals surface area contributed by atoms with Gasteiger partial charge in [0.1, 0.15) is 0 Å². The van der Waals surface area contributed by atoms with Gasteiger partial charge in [0.25, 0.3) is 5.91 Å². The molecule has 9 heteroatoms. The summed E-state index contributed by atoms with van der Waals surface area (Å²) in [5.74, 6) is -0.596. The lowest BCUT2D eigenvalue weighted by Crippen LogP contribution is -2.42. The molecule has 0 aliphatic carbocycles. The summed E-state index contributed by atoms with van der Waals surface area (Å²) in [5, 5.41) is 0. The second-order valence-electron chi connectivity index (χ2n) is 5.70. The molecule has 2 saturated heterocycles. The highest BCUT2D eigenvalue weighted by Crippen LogP contribution is 2.25. The van der Waals surface area contributed by atoms with E-state index in [1.54, 1.807) is 0 Å². The van der Waals surface area contributed by atoms with Crippen LogP contribution in [0.3, 0.4) is 0 Å². The van der Waals surface area contributed by atoms with Crippen molar-refractivity contribution in [3.8, 4) is 0 Å². The zero-order valence-electron chi connectivity index (χ0n) is 13.0. The van der Waals surface area contributed by atoms with E-state index in [2.05, 4.69) is 4.74 Å². The number of carbonyl (C=O) groups excluding carboxylic acids is 3. The van der Waals surface area contributed by atoms with Crippen molar-refractivity contribution in [2.75, 3.05) is 19.7 Å². The van der Waals surface area contributed by atoms with E-state index >= 15 is 0 Å². The van der Waals surface area contributed by atoms with Gasteiger partial charge in [0.15, 0.2) is 12.4 Å². The molecule has 2 heterocycles. The highest BCUT2D eigenvalue weighted by Gasteiger charge is 2.43. The van der Waals surface area contributed by atoms with Gasteiger partial charge in [-0.25, -0.2) is 18.1 Å². The minimum atomic E-state index is -3.75. The van der Waals surface area contributed by atoms with E-state index < -0.39 is 28.1 Å². The molecule has 0 saturated carbocycles. The maximum atomic E-state index is 12.7. The fourth-order valence-electron chi connectivity index (χ4n) is 2.87. The van der Waals surface area contributed by atoms with Crippen LogP contribution < -0.4 is 0 Å². The van der Waals surface area contributed by atoms with Gasteiger partial charge in [-0.3, -0.25) is 9.59 Å². The minimum Gasteiger partial charge on any atom is -0.439 e. The summed E-state index contributed by atoms with van der Waals surface area (Å²) in [6.45, 7) is 1.35. The number of benzene rings is 1. The number of hydrogen-bond acceptors (Lipinski definition) is 6. The normalized spacial score (nSPS) is 22.0. The van der Waals surface area contributed by atoms with Crippen LogP contribution in [0.5, 0.6) is 0 Å². The molecular weight excluding hydrogens is 336 g/mol. The van der Waals surface area contributed by atoms with Crippen molar-refractivity contribution in [2.24, 2.45) is 0 Å². The van der Waals surface area contributed by atoms with Gasteiger partial charge in [-0.2, -0.15) is 4.31 Å². The predicted molar refractivity (Wildman–Crippen MR) is 81.8 cm³/mol. The van der Waals surface area contributed by atoms with Gasteiger partial charge >= 0.3 is 6.09 Å². The van der Waals surface area contributed by atoms with Crippen LogP contribution in [0.1, 0.15) is 23.7 Å². The van der Waals surface area contributed by atoms with Crippen molar-refractivity contribution in [1.29, 1.82) is 0 Å². The van der Waals surface area contributed by atoms with Crippen molar-refractivity contribution in [3.63, 3.8) is 0 Å². The molecule has 2 fully saturated rings. The van der Waals surface area contributed by atoms with Gasteiger partial charge in [-0.15, -0.1) is 0 Å². The van der Waals surface area contributed by atoms with Crippen LogP contribution in [0.2, 0.25) is 0 Å². The Morgan fingerprint density at radius 2 is 1.88 bits per heavy atom. The van der Waals surface area contributed by atoms with Gasteiger partial charge < -0.3 is 4.74 Å². The van der Waals surface area contributed by atoms with Gasteiger partial charge in [0.2, 0.25) is 10.0 Å². The number of hydrogen-bond donors (Lipinski definition) is 0. The quantitative estimate of drug-likeness (QED) is 0.737. The molecule has 2 amide bonds. The van der Waals surface area contributed by atoms with Gasteiger partial charge in [0.05, 0.1) is 10.9 Å². The molecule has 2 aliphatic rings. The second kappa shape index (κ2) is 5.99. The number of cyclic esters (lactones) is 1. The standard InChI is InChI=1S/C15H16N2O6S/c1-10(18)11-2-4-13(5-3-11)24(21,22)16-7-6-12(8-16)17-14(19)9-23-15(17)20/h2-5,12H,6-9H2,1H3. The van der Waals surface area contributed by atoms with Crippen molar-refractivity contribution < 1.29 is 27.5 Å². The third-order valence-corrected chi connectivity index (χ3v) is 6.05. The van der Waals surface area contributed by atoms with Crippen LogP contribution in [-0.4, -0.2) is 61.1 Å². The maximum Gasteiger partial charge on any atom is 0.417 e. The summed E-state index contributed by atoms with van der Waals surface area (Å²) in [5.41, 5.74) is 0.429. The molecule has 24 heavy (non-hydrogen) atoms. The van der Waals surface area contributed by atoms with Crippen LogP contribution in [0.15, 0.2) is 29.2 Å². The summed E-state index contributed by atoms with van der Waals surface area (Å²) in [7, 11) is -3.75. The molecule has 128 valence electrons. The fraction of sp³-hybridized carbons (Fsp3) is 0.400. The summed E-state index contributed by atoms with van der Waals surface area (Å²) < 4.78 is 31.2. The molecular formula is C15H16N2O6S. The molecule has 1 aromatic carbocycles. The van der Waals surface area contributed by atoms with Crippen molar-refractivity contribution in [1.82, 2.24) is 9.21 Å². The van der Waals surface area contributed by atoms with Gasteiger partial charge in [-0.05, 0) is 25.5 Å². The number of ketones is 1. The van der Waals surface area contributed by atoms with Crippen LogP contribution in [0.25, 0.3) is 0 Å². The van der Waals surface area contributed by atoms with Crippen LogP contribution in [0, 0.1) is 0 Å². The Morgan fingerprint density at radius 1 is 1.21 bits per heavy atom. The van der Waals surface area contributed by atoms with E-state index in [0.717, 1.165) is 4.90 Å². The zero-order valence-corrected chi connectivity index (χ0v) is 13.8. The Bertz CT molecular complexity index is 786. The molecule has 8 nitrogen and oxygen atoms in total. The van der Waals surface area contributed by atoms with E-state index in [9.17, 15) is 22.8 Å². The number of ether oxygens (including phenoxy) is 1. The largest absolute Gasteiger partial charge is 0.439 e. The molecule has 0 spiro atoms. The Hall–Kier alpha value is -2.26. The molecule has 1 unspecified atom stereocenters. The molecule has 0 N–H and O–H groups in total. The molecule has 2 aliphatic heterocycles. The lowest BCUT2D eigenvalue weighted by Gasteiger charge is -2.20. The van der Waals surface area contributed by atoms with Gasteiger partial charge in [0, 0.05) is 18.7 Å². The van der Waals surface area contributed by atoms with E-state index in [-0.39, 0.29) is 30.4 Å². The summed E-state index contributed by atoms with van der Waals surface area (Å²) in [6, 6.07) is 5.18. The minimum absolute atomic E-state index is 0.0393. The molecule has 1 atom stereocenters. The Balaban J connectivity index is 1.78. The van der Waals surface area contributed by atoms with Crippen molar-refractivity contribution in [3.05, 3.63) is 29.8 Å². The first kappa shape index (κ1) is 16.6. The third kappa shape index (κ3) is 2.80. The molecule has 0 bridgehead atoms. The first-order chi connectivity index (χ1) is 11.3. The topological polar surface area (TPSA) is 101 Å². The lowest BCUT2D eigenvalue weighted by atomic mass is 10.2. The lowest BCUT2D eigenvalue weighted by molar-refractivity contribution is -0.127. The number of rotatable bonds is 4. The molecule has 1 aromatic rings. The fourth-order valence-corrected chi connectivity index (χ4v) is 4.36. The second-order valence-corrected chi connectivity index (χ2v) is 7.64. The maximum absolute atomic E-state index is 12.7. The first-order valence-electron chi connectivity index (χ1n) is 7.40. The summed E-state index contributed by atoms with van der Waals surface area (Å²) >= 11 is 0. The molecule has 0 aromatic heterocycles. The van der Waals surface area contributed by atoms with Crippen LogP contribution in [-0.2, 0) is 19.6 Å². The average molecular weight is 352 g/mol. The van der Waals surface area contributed by atoms with Crippen molar-refractivity contribution >= 4 is 27.8 Å². The SMILES string of the molecule is CC(=O)c1ccc(S(=O)(=O)N2CCC(N3C(=O)COC3=O)C2)cc1. The molecule has 0 radical (unpaired) electrons. The molecule has 3 rings (SSSR count). The number of carbonyl (C=O) groups is 3. The Kier molecular flexibility index (Phi) is 4.14. The number of sulfonamides is 1. The highest BCUT2D eigenvalue weighted by atomic mass is 32.2. The first-order valence-corrected chi connectivity index (χ1v) is 8.84. The number of imide groups is 1. The van der Waals surface area contributed by atoms with Crippen LogP contribution >= 0.6 is 0 Å².